The van der Waals surface area contributed by atoms with E-state index in [-0.39, 0.29) is 0 Å². The zero-order chi connectivity index (χ0) is 13.1. The lowest BCUT2D eigenvalue weighted by Gasteiger charge is -2.21. The molecule has 0 saturated carbocycles. The Morgan fingerprint density at radius 1 is 1.37 bits per heavy atom. The number of anilines is 2. The molecule has 0 unspecified atom stereocenters. The van der Waals surface area contributed by atoms with Crippen LogP contribution in [0.3, 0.4) is 0 Å². The van der Waals surface area contributed by atoms with Gasteiger partial charge < -0.3 is 10.6 Å². The van der Waals surface area contributed by atoms with Gasteiger partial charge in [-0.05, 0) is 30.3 Å². The second kappa shape index (κ2) is 5.64. The van der Waals surface area contributed by atoms with Gasteiger partial charge in [0.1, 0.15) is 5.82 Å². The third-order valence-electron chi connectivity index (χ3n) is 3.43. The van der Waals surface area contributed by atoms with Crippen molar-refractivity contribution in [3.05, 3.63) is 6.20 Å². The van der Waals surface area contributed by atoms with Crippen LogP contribution in [0.15, 0.2) is 6.20 Å². The van der Waals surface area contributed by atoms with Crippen LogP contribution in [0.4, 0.5) is 11.8 Å². The predicted octanol–water partition coefficient (Wildman–Crippen LogP) is 1.95. The van der Waals surface area contributed by atoms with Crippen LogP contribution >= 0.6 is 11.8 Å². The molecule has 102 valence electrons. The van der Waals surface area contributed by atoms with Gasteiger partial charge in [-0.1, -0.05) is 0 Å². The van der Waals surface area contributed by atoms with Crippen LogP contribution in [0.2, 0.25) is 0 Å². The van der Waals surface area contributed by atoms with Gasteiger partial charge in [0.25, 0.3) is 0 Å². The van der Waals surface area contributed by atoms with Gasteiger partial charge in [0.05, 0.1) is 11.6 Å². The van der Waals surface area contributed by atoms with E-state index in [0.29, 0.717) is 5.95 Å². The summed E-state index contributed by atoms with van der Waals surface area (Å²) in [7, 11) is 1.82. The van der Waals surface area contributed by atoms with Crippen molar-refractivity contribution in [3.63, 3.8) is 0 Å². The maximum atomic E-state index is 4.48. The van der Waals surface area contributed by atoms with Crippen LogP contribution in [-0.4, -0.2) is 45.3 Å². The molecule has 0 spiro atoms. The summed E-state index contributed by atoms with van der Waals surface area (Å²) in [5, 5.41) is 14.3. The lowest BCUT2D eigenvalue weighted by Crippen LogP contribution is -2.19. The molecule has 1 saturated heterocycles. The monoisotopic (exact) mass is 278 g/mol. The summed E-state index contributed by atoms with van der Waals surface area (Å²) in [5.74, 6) is 4.77. The van der Waals surface area contributed by atoms with Gasteiger partial charge in [0.2, 0.25) is 5.95 Å². The number of aromatic nitrogens is 4. The third kappa shape index (κ3) is 2.75. The van der Waals surface area contributed by atoms with Gasteiger partial charge in [-0.3, -0.25) is 5.10 Å². The van der Waals surface area contributed by atoms with Crippen LogP contribution in [0.1, 0.15) is 12.8 Å². The number of fused-ring (bicyclic) bond motifs is 1. The SMILES string of the molecule is CNc1nc(NCC2CCSCC2)c2cn[nH]c2n1. The van der Waals surface area contributed by atoms with Gasteiger partial charge >= 0.3 is 0 Å². The van der Waals surface area contributed by atoms with Gasteiger partial charge in [-0.25, -0.2) is 0 Å². The number of aromatic amines is 1. The van der Waals surface area contributed by atoms with Crippen molar-refractivity contribution in [3.8, 4) is 0 Å². The number of hydrogen-bond donors (Lipinski definition) is 3. The van der Waals surface area contributed by atoms with Crippen molar-refractivity contribution in [2.24, 2.45) is 5.92 Å². The Morgan fingerprint density at radius 2 is 2.21 bits per heavy atom. The molecule has 1 aliphatic rings. The van der Waals surface area contributed by atoms with Gasteiger partial charge in [-0.15, -0.1) is 0 Å². The van der Waals surface area contributed by atoms with Crippen molar-refractivity contribution in [2.45, 2.75) is 12.8 Å². The van der Waals surface area contributed by atoms with E-state index in [9.17, 15) is 0 Å². The Labute approximate surface area is 116 Å². The summed E-state index contributed by atoms with van der Waals surface area (Å²) in [6, 6.07) is 0. The molecule has 19 heavy (non-hydrogen) atoms. The summed E-state index contributed by atoms with van der Waals surface area (Å²) < 4.78 is 0. The fourth-order valence-corrected chi connectivity index (χ4v) is 3.48. The highest BCUT2D eigenvalue weighted by molar-refractivity contribution is 7.99. The predicted molar refractivity (Wildman–Crippen MR) is 79.8 cm³/mol. The van der Waals surface area contributed by atoms with Crippen LogP contribution < -0.4 is 10.6 Å². The van der Waals surface area contributed by atoms with Crippen LogP contribution in [0, 0.1) is 5.92 Å². The zero-order valence-electron chi connectivity index (χ0n) is 10.9. The Kier molecular flexibility index (Phi) is 3.72. The maximum Gasteiger partial charge on any atom is 0.226 e. The van der Waals surface area contributed by atoms with Crippen LogP contribution in [0.25, 0.3) is 11.0 Å². The van der Waals surface area contributed by atoms with E-state index in [2.05, 4.69) is 42.6 Å². The summed E-state index contributed by atoms with van der Waals surface area (Å²) >= 11 is 2.05. The number of nitrogens with one attached hydrogen (secondary N) is 3. The first-order chi connectivity index (χ1) is 9.36. The zero-order valence-corrected chi connectivity index (χ0v) is 11.8. The highest BCUT2D eigenvalue weighted by Gasteiger charge is 2.15. The lowest BCUT2D eigenvalue weighted by molar-refractivity contribution is 0.516. The van der Waals surface area contributed by atoms with Gasteiger partial charge in [0.15, 0.2) is 5.65 Å². The van der Waals surface area contributed by atoms with E-state index in [1.807, 2.05) is 7.05 Å². The molecule has 0 bridgehead atoms. The van der Waals surface area contributed by atoms with Gasteiger partial charge in [0, 0.05) is 13.6 Å². The molecular weight excluding hydrogens is 260 g/mol. The lowest BCUT2D eigenvalue weighted by atomic mass is 10.0. The molecule has 3 rings (SSSR count). The van der Waals surface area contributed by atoms with E-state index >= 15 is 0 Å². The first kappa shape index (κ1) is 12.5. The molecule has 0 atom stereocenters. The summed E-state index contributed by atoms with van der Waals surface area (Å²) in [6.07, 6.45) is 4.35. The molecule has 7 heteroatoms. The fraction of sp³-hybridized carbons (Fsp3) is 0.583. The van der Waals surface area contributed by atoms with Crippen molar-refractivity contribution in [2.75, 3.05) is 35.7 Å². The number of H-pyrrole nitrogens is 1. The van der Waals surface area contributed by atoms with E-state index in [1.165, 1.54) is 24.3 Å². The Balaban J connectivity index is 1.77. The number of nitrogens with zero attached hydrogens (tertiary/aromatic N) is 3. The molecule has 3 N–H and O–H groups in total. The average molecular weight is 278 g/mol. The molecule has 0 amide bonds. The van der Waals surface area contributed by atoms with Crippen molar-refractivity contribution in [1.29, 1.82) is 0 Å². The minimum absolute atomic E-state index is 0.610. The second-order valence-corrected chi connectivity index (χ2v) is 5.94. The standard InChI is InChI=1S/C12H18N6S/c1-13-12-16-10(9-7-15-18-11(9)17-12)14-6-8-2-4-19-5-3-8/h7-8H,2-6H2,1H3,(H3,13,14,15,16,17,18). The fourth-order valence-electron chi connectivity index (χ4n) is 2.27. The summed E-state index contributed by atoms with van der Waals surface area (Å²) in [4.78, 5) is 8.80. The summed E-state index contributed by atoms with van der Waals surface area (Å²) in [6.45, 7) is 0.973. The second-order valence-electron chi connectivity index (χ2n) is 4.71. The average Bonchev–Trinajstić information content (AvgIpc) is 2.94. The number of thioether (sulfide) groups is 1. The van der Waals surface area contributed by atoms with Gasteiger partial charge in [-0.2, -0.15) is 26.8 Å². The molecule has 6 nitrogen and oxygen atoms in total. The normalized spacial score (nSPS) is 16.7. The molecule has 1 aliphatic heterocycles. The number of hydrogen-bond acceptors (Lipinski definition) is 6. The quantitative estimate of drug-likeness (QED) is 0.793. The minimum atomic E-state index is 0.610. The van der Waals surface area contributed by atoms with Crippen LogP contribution in [0.5, 0.6) is 0 Å². The minimum Gasteiger partial charge on any atom is -0.369 e. The largest absolute Gasteiger partial charge is 0.369 e. The smallest absolute Gasteiger partial charge is 0.226 e. The molecule has 0 aliphatic carbocycles. The number of rotatable bonds is 4. The van der Waals surface area contributed by atoms with E-state index in [1.54, 1.807) is 6.20 Å². The Bertz CT molecular complexity index is 548. The molecule has 2 aromatic heterocycles. The highest BCUT2D eigenvalue weighted by atomic mass is 32.2. The van der Waals surface area contributed by atoms with Crippen LogP contribution in [-0.2, 0) is 0 Å². The molecule has 3 heterocycles. The van der Waals surface area contributed by atoms with Crippen molar-refractivity contribution < 1.29 is 0 Å². The molecule has 1 fully saturated rings. The molecule has 2 aromatic rings. The van der Waals surface area contributed by atoms with E-state index in [4.69, 9.17) is 0 Å². The van der Waals surface area contributed by atoms with Crippen molar-refractivity contribution in [1.82, 2.24) is 20.2 Å². The Hall–Kier alpha value is -1.50. The molecule has 0 aromatic carbocycles. The Morgan fingerprint density at radius 3 is 3.00 bits per heavy atom. The first-order valence-corrected chi connectivity index (χ1v) is 7.73. The topological polar surface area (TPSA) is 78.5 Å². The summed E-state index contributed by atoms with van der Waals surface area (Å²) in [5.41, 5.74) is 0.765. The van der Waals surface area contributed by atoms with Crippen molar-refractivity contribution >= 4 is 34.6 Å². The first-order valence-electron chi connectivity index (χ1n) is 6.57. The highest BCUT2D eigenvalue weighted by Crippen LogP contribution is 2.24. The maximum absolute atomic E-state index is 4.48. The molecular formula is C12H18N6S. The van der Waals surface area contributed by atoms with E-state index < -0.39 is 0 Å². The van der Waals surface area contributed by atoms with E-state index in [0.717, 1.165) is 29.3 Å². The third-order valence-corrected chi connectivity index (χ3v) is 4.48. The molecule has 0 radical (unpaired) electrons.